The summed E-state index contributed by atoms with van der Waals surface area (Å²) in [5.74, 6) is -1.01. The summed E-state index contributed by atoms with van der Waals surface area (Å²) < 4.78 is 5.06. The number of thiophene rings is 1. The van der Waals surface area contributed by atoms with Crippen LogP contribution in [0.5, 0.6) is 0 Å². The van der Waals surface area contributed by atoms with Crippen molar-refractivity contribution in [2.24, 2.45) is 0 Å². The van der Waals surface area contributed by atoms with Gasteiger partial charge in [0.15, 0.2) is 6.61 Å². The largest absolute Gasteiger partial charge is 0.453 e. The zero-order valence-electron chi connectivity index (χ0n) is 14.8. The Labute approximate surface area is 149 Å². The van der Waals surface area contributed by atoms with E-state index in [9.17, 15) is 19.7 Å². The van der Waals surface area contributed by atoms with E-state index >= 15 is 0 Å². The van der Waals surface area contributed by atoms with Crippen LogP contribution in [-0.2, 0) is 4.74 Å². The zero-order chi connectivity index (χ0) is 18.9. The molecule has 0 aliphatic carbocycles. The number of Topliss-reactive ketones (excluding diaryl/α,β-unsaturated/α-hetero) is 1. The van der Waals surface area contributed by atoms with E-state index in [0.29, 0.717) is 5.56 Å². The smallest absolute Gasteiger partial charge is 0.349 e. The third-order valence-corrected chi connectivity index (χ3v) is 5.60. The number of ketones is 1. The Morgan fingerprint density at radius 1 is 1.00 bits per heavy atom. The minimum Gasteiger partial charge on any atom is -0.453 e. The van der Waals surface area contributed by atoms with Gasteiger partial charge in [-0.3, -0.25) is 14.9 Å². The van der Waals surface area contributed by atoms with Crippen LogP contribution in [0, 0.1) is 44.7 Å². The minimum atomic E-state index is -0.734. The van der Waals surface area contributed by atoms with Crippen molar-refractivity contribution in [1.29, 1.82) is 0 Å². The number of hydrogen-bond donors (Lipinski definition) is 0. The van der Waals surface area contributed by atoms with Gasteiger partial charge in [0.05, 0.1) is 4.92 Å². The highest BCUT2D eigenvalue weighted by molar-refractivity contribution is 7.17. The molecule has 2 aromatic rings. The van der Waals surface area contributed by atoms with Crippen LogP contribution in [0.4, 0.5) is 5.00 Å². The predicted molar refractivity (Wildman–Crippen MR) is 95.7 cm³/mol. The Kier molecular flexibility index (Phi) is 5.37. The summed E-state index contributed by atoms with van der Waals surface area (Å²) >= 11 is 0.725. The normalized spacial score (nSPS) is 10.6. The van der Waals surface area contributed by atoms with E-state index in [1.807, 2.05) is 34.6 Å². The maximum atomic E-state index is 12.6. The highest BCUT2D eigenvalue weighted by Gasteiger charge is 2.21. The number of ether oxygens (including phenoxy) is 1. The van der Waals surface area contributed by atoms with Crippen molar-refractivity contribution in [2.45, 2.75) is 34.6 Å². The number of carbonyl (C=O) groups excluding carboxylic acids is 2. The van der Waals surface area contributed by atoms with Crippen molar-refractivity contribution in [1.82, 2.24) is 0 Å². The van der Waals surface area contributed by atoms with Gasteiger partial charge in [0, 0.05) is 11.6 Å². The lowest BCUT2D eigenvalue weighted by molar-refractivity contribution is -0.380. The summed E-state index contributed by atoms with van der Waals surface area (Å²) in [5, 5.41) is 10.5. The van der Waals surface area contributed by atoms with Gasteiger partial charge in [0.25, 0.3) is 0 Å². The number of benzene rings is 1. The Hall–Kier alpha value is -2.54. The van der Waals surface area contributed by atoms with E-state index in [-0.39, 0.29) is 15.7 Å². The molecule has 0 bridgehead atoms. The molecule has 2 rings (SSSR count). The lowest BCUT2D eigenvalue weighted by Crippen LogP contribution is -2.17. The van der Waals surface area contributed by atoms with Gasteiger partial charge in [-0.2, -0.15) is 0 Å². The highest BCUT2D eigenvalue weighted by Crippen LogP contribution is 2.27. The standard InChI is InChI=1S/C18H19NO5S/c1-9-10(2)12(4)17(13(5)11(9)3)14(20)8-24-18(21)15-6-7-16(25-15)19(22)23/h6-7H,8H2,1-5H3. The molecule has 0 saturated heterocycles. The molecule has 1 aromatic carbocycles. The van der Waals surface area contributed by atoms with Crippen molar-refractivity contribution in [3.8, 4) is 0 Å². The second-order valence-corrected chi connectivity index (χ2v) is 6.96. The molecule has 0 aliphatic heterocycles. The SMILES string of the molecule is Cc1c(C)c(C)c(C(=O)COC(=O)c2ccc([N+](=O)[O-])s2)c(C)c1C. The maximum absolute atomic E-state index is 12.6. The van der Waals surface area contributed by atoms with E-state index in [0.717, 1.165) is 39.2 Å². The average Bonchev–Trinajstić information content (AvgIpc) is 3.06. The summed E-state index contributed by atoms with van der Waals surface area (Å²) in [4.78, 5) is 34.7. The molecule has 1 aromatic heterocycles. The predicted octanol–water partition coefficient (Wildman–Crippen LogP) is 4.24. The van der Waals surface area contributed by atoms with Gasteiger partial charge in [-0.25, -0.2) is 4.79 Å². The van der Waals surface area contributed by atoms with Crippen molar-refractivity contribution >= 4 is 28.1 Å². The summed E-state index contributed by atoms with van der Waals surface area (Å²) in [6.07, 6.45) is 0. The quantitative estimate of drug-likeness (QED) is 0.344. The first-order chi connectivity index (χ1) is 11.6. The first kappa shape index (κ1) is 18.8. The fraction of sp³-hybridized carbons (Fsp3) is 0.333. The topological polar surface area (TPSA) is 86.5 Å². The van der Waals surface area contributed by atoms with Crippen molar-refractivity contribution in [3.63, 3.8) is 0 Å². The molecule has 0 spiro atoms. The Balaban J connectivity index is 2.18. The van der Waals surface area contributed by atoms with Gasteiger partial charge in [0.2, 0.25) is 5.78 Å². The summed E-state index contributed by atoms with van der Waals surface area (Å²) in [6.45, 7) is 9.31. The lowest BCUT2D eigenvalue weighted by atomic mass is 9.88. The third kappa shape index (κ3) is 3.61. The van der Waals surface area contributed by atoms with E-state index in [1.54, 1.807) is 0 Å². The van der Waals surface area contributed by atoms with Gasteiger partial charge in [-0.05, 0) is 68.5 Å². The van der Waals surface area contributed by atoms with Crippen LogP contribution in [0.25, 0.3) is 0 Å². The van der Waals surface area contributed by atoms with Crippen LogP contribution in [0.15, 0.2) is 12.1 Å². The Bertz CT molecular complexity index is 853. The molecular formula is C18H19NO5S. The molecule has 132 valence electrons. The number of nitro groups is 1. The molecule has 25 heavy (non-hydrogen) atoms. The highest BCUT2D eigenvalue weighted by atomic mass is 32.1. The Morgan fingerprint density at radius 2 is 1.52 bits per heavy atom. The van der Waals surface area contributed by atoms with Gasteiger partial charge in [-0.1, -0.05) is 11.3 Å². The minimum absolute atomic E-state index is 0.101. The lowest BCUT2D eigenvalue weighted by Gasteiger charge is -2.17. The molecule has 0 unspecified atom stereocenters. The van der Waals surface area contributed by atoms with Crippen LogP contribution < -0.4 is 0 Å². The molecule has 7 heteroatoms. The van der Waals surface area contributed by atoms with Crippen molar-refractivity contribution < 1.29 is 19.2 Å². The number of esters is 1. The molecule has 0 radical (unpaired) electrons. The fourth-order valence-corrected chi connectivity index (χ4v) is 3.44. The molecule has 0 N–H and O–H groups in total. The molecule has 0 atom stereocenters. The first-order valence-electron chi connectivity index (χ1n) is 7.66. The van der Waals surface area contributed by atoms with E-state index in [2.05, 4.69) is 0 Å². The van der Waals surface area contributed by atoms with E-state index in [4.69, 9.17) is 4.74 Å². The number of carbonyl (C=O) groups is 2. The molecule has 6 nitrogen and oxygen atoms in total. The molecule has 0 amide bonds. The second kappa shape index (κ2) is 7.14. The number of hydrogen-bond acceptors (Lipinski definition) is 6. The third-order valence-electron chi connectivity index (χ3n) is 4.59. The monoisotopic (exact) mass is 361 g/mol. The van der Waals surface area contributed by atoms with Gasteiger partial charge in [-0.15, -0.1) is 0 Å². The van der Waals surface area contributed by atoms with Gasteiger partial charge >= 0.3 is 11.0 Å². The molecule has 1 heterocycles. The Morgan fingerprint density at radius 3 is 2.00 bits per heavy atom. The summed E-state index contributed by atoms with van der Waals surface area (Å²) in [6, 6.07) is 2.57. The first-order valence-corrected chi connectivity index (χ1v) is 8.48. The van der Waals surface area contributed by atoms with Crippen LogP contribution >= 0.6 is 11.3 Å². The van der Waals surface area contributed by atoms with Gasteiger partial charge < -0.3 is 4.74 Å². The summed E-state index contributed by atoms with van der Waals surface area (Å²) in [5.41, 5.74) is 5.58. The second-order valence-electron chi connectivity index (χ2n) is 5.89. The van der Waals surface area contributed by atoms with Crippen molar-refractivity contribution in [2.75, 3.05) is 6.61 Å². The van der Waals surface area contributed by atoms with Crippen molar-refractivity contribution in [3.05, 3.63) is 60.5 Å². The van der Waals surface area contributed by atoms with E-state index < -0.39 is 17.5 Å². The van der Waals surface area contributed by atoms with Crippen LogP contribution in [0.2, 0.25) is 0 Å². The van der Waals surface area contributed by atoms with Crippen LogP contribution in [0.1, 0.15) is 47.8 Å². The zero-order valence-corrected chi connectivity index (χ0v) is 15.6. The van der Waals surface area contributed by atoms with Crippen LogP contribution in [-0.4, -0.2) is 23.3 Å². The van der Waals surface area contributed by atoms with E-state index in [1.165, 1.54) is 12.1 Å². The molecule has 0 saturated carbocycles. The van der Waals surface area contributed by atoms with Crippen LogP contribution in [0.3, 0.4) is 0 Å². The molecular weight excluding hydrogens is 342 g/mol. The number of nitrogens with zero attached hydrogens (tertiary/aromatic N) is 1. The fourth-order valence-electron chi connectivity index (χ4n) is 2.73. The number of rotatable bonds is 5. The van der Waals surface area contributed by atoms with Gasteiger partial charge in [0.1, 0.15) is 4.88 Å². The maximum Gasteiger partial charge on any atom is 0.349 e. The molecule has 0 aliphatic rings. The summed E-state index contributed by atoms with van der Waals surface area (Å²) in [7, 11) is 0. The average molecular weight is 361 g/mol. The molecule has 0 fully saturated rings.